The highest BCUT2D eigenvalue weighted by molar-refractivity contribution is 7.91. The van der Waals surface area contributed by atoms with Gasteiger partial charge in [-0.2, -0.15) is 4.31 Å². The molecule has 3 aliphatic rings. The molecule has 24 heavy (non-hydrogen) atoms. The van der Waals surface area contributed by atoms with Crippen molar-refractivity contribution in [3.05, 3.63) is 17.5 Å². The van der Waals surface area contributed by atoms with Crippen LogP contribution in [0.1, 0.15) is 33.6 Å². The maximum atomic E-state index is 12.4. The molecule has 7 heteroatoms. The third-order valence-electron chi connectivity index (χ3n) is 6.08. The van der Waals surface area contributed by atoms with Crippen LogP contribution in [0.15, 0.2) is 21.7 Å². The van der Waals surface area contributed by atoms with Crippen LogP contribution in [0.5, 0.6) is 0 Å². The van der Waals surface area contributed by atoms with Gasteiger partial charge in [0.25, 0.3) is 10.0 Å². The van der Waals surface area contributed by atoms with E-state index < -0.39 is 16.0 Å². The van der Waals surface area contributed by atoms with Gasteiger partial charge in [-0.25, -0.2) is 8.42 Å². The second-order valence-corrected chi connectivity index (χ2v) is 10.9. The molecule has 1 heterocycles. The van der Waals surface area contributed by atoms with Gasteiger partial charge >= 0.3 is 5.97 Å². The summed E-state index contributed by atoms with van der Waals surface area (Å²) in [5.41, 5.74) is 0.335. The van der Waals surface area contributed by atoms with E-state index in [4.69, 9.17) is 4.74 Å². The molecule has 3 fully saturated rings. The van der Waals surface area contributed by atoms with E-state index in [1.165, 1.54) is 13.5 Å². The Morgan fingerprint density at radius 2 is 2.12 bits per heavy atom. The molecule has 3 saturated carbocycles. The molecule has 0 spiro atoms. The third-order valence-corrected chi connectivity index (χ3v) is 9.25. The Labute approximate surface area is 148 Å². The Morgan fingerprint density at radius 3 is 2.67 bits per heavy atom. The van der Waals surface area contributed by atoms with Gasteiger partial charge in [-0.3, -0.25) is 4.79 Å². The van der Waals surface area contributed by atoms with E-state index in [0.29, 0.717) is 23.2 Å². The maximum absolute atomic E-state index is 12.4. The van der Waals surface area contributed by atoms with Crippen molar-refractivity contribution < 1.29 is 17.9 Å². The number of carbonyl (C=O) groups excluding carboxylic acids is 1. The van der Waals surface area contributed by atoms with Crippen molar-refractivity contribution >= 4 is 27.3 Å². The van der Waals surface area contributed by atoms with Crippen molar-refractivity contribution in [3.63, 3.8) is 0 Å². The zero-order valence-electron chi connectivity index (χ0n) is 14.6. The number of likely N-dealkylation sites (N-methyl/N-ethyl adjacent to an activating group) is 1. The third kappa shape index (κ3) is 2.91. The summed E-state index contributed by atoms with van der Waals surface area (Å²) in [5.74, 6) is 1.05. The van der Waals surface area contributed by atoms with Crippen molar-refractivity contribution in [1.82, 2.24) is 4.31 Å². The predicted octanol–water partition coefficient (Wildman–Crippen LogP) is 2.98. The normalized spacial score (nSPS) is 31.5. The highest BCUT2D eigenvalue weighted by atomic mass is 32.2. The van der Waals surface area contributed by atoms with Gasteiger partial charge in [0.05, 0.1) is 0 Å². The van der Waals surface area contributed by atoms with Crippen LogP contribution in [-0.2, 0) is 19.6 Å². The van der Waals surface area contributed by atoms with E-state index in [0.717, 1.165) is 22.1 Å². The Balaban J connectivity index is 1.59. The second-order valence-electron chi connectivity index (χ2n) is 7.68. The van der Waals surface area contributed by atoms with Crippen molar-refractivity contribution in [1.29, 1.82) is 0 Å². The minimum absolute atomic E-state index is 0.0906. The number of hydrogen-bond donors (Lipinski definition) is 0. The van der Waals surface area contributed by atoms with Gasteiger partial charge in [-0.15, -0.1) is 11.3 Å². The van der Waals surface area contributed by atoms with Gasteiger partial charge < -0.3 is 4.74 Å². The first-order valence-corrected chi connectivity index (χ1v) is 10.7. The van der Waals surface area contributed by atoms with E-state index in [-0.39, 0.29) is 16.9 Å². The van der Waals surface area contributed by atoms with E-state index in [1.54, 1.807) is 17.5 Å². The molecule has 0 N–H and O–H groups in total. The molecule has 1 aromatic rings. The van der Waals surface area contributed by atoms with Gasteiger partial charge in [0.15, 0.2) is 0 Å². The van der Waals surface area contributed by atoms with Gasteiger partial charge in [0.1, 0.15) is 16.9 Å². The van der Waals surface area contributed by atoms with Gasteiger partial charge in [-0.1, -0.05) is 26.8 Å². The first-order chi connectivity index (χ1) is 11.1. The molecule has 0 amide bonds. The molecule has 0 aromatic carbocycles. The van der Waals surface area contributed by atoms with E-state index in [9.17, 15) is 13.2 Å². The lowest BCUT2D eigenvalue weighted by molar-refractivity contribution is -0.186. The molecule has 0 aliphatic heterocycles. The van der Waals surface area contributed by atoms with Crippen molar-refractivity contribution in [2.24, 2.45) is 23.2 Å². The number of carbonyl (C=O) groups is 1. The number of hydrogen-bond acceptors (Lipinski definition) is 5. The van der Waals surface area contributed by atoms with Crippen LogP contribution in [-0.4, -0.2) is 38.4 Å². The number of sulfonamides is 1. The van der Waals surface area contributed by atoms with Crippen LogP contribution in [0.4, 0.5) is 0 Å². The zero-order valence-corrected chi connectivity index (χ0v) is 16.2. The second kappa shape index (κ2) is 6.11. The lowest BCUT2D eigenvalue weighted by Crippen LogP contribution is -2.57. The first-order valence-electron chi connectivity index (χ1n) is 8.33. The van der Waals surface area contributed by atoms with Crippen LogP contribution in [0.2, 0.25) is 0 Å². The van der Waals surface area contributed by atoms with Gasteiger partial charge in [-0.05, 0) is 47.5 Å². The fraction of sp³-hybridized carbons (Fsp3) is 0.706. The Hall–Kier alpha value is -0.920. The van der Waals surface area contributed by atoms with Gasteiger partial charge in [0, 0.05) is 7.05 Å². The number of rotatable bonds is 5. The van der Waals surface area contributed by atoms with Gasteiger partial charge in [0.2, 0.25) is 0 Å². The minimum atomic E-state index is -3.61. The SMILES string of the molecule is CC1C(OC(=O)CN(C)S(=O)(=O)c2cccs2)CC2CC1C2(C)C. The molecular formula is C17H25NO4S2. The summed E-state index contributed by atoms with van der Waals surface area (Å²) in [4.78, 5) is 12.2. The topological polar surface area (TPSA) is 63.7 Å². The standard InChI is InChI=1S/C17H25NO4S2/c1-11-13-8-12(17(13,2)3)9-14(11)22-15(19)10-18(4)24(20,21)16-6-5-7-23-16/h5-7,11-14H,8-10H2,1-4H3. The van der Waals surface area contributed by atoms with Crippen molar-refractivity contribution in [2.75, 3.05) is 13.6 Å². The maximum Gasteiger partial charge on any atom is 0.321 e. The summed E-state index contributed by atoms with van der Waals surface area (Å²) < 4.78 is 31.7. The summed E-state index contributed by atoms with van der Waals surface area (Å²) in [6.45, 7) is 6.48. The fourth-order valence-corrected chi connectivity index (χ4v) is 6.61. The van der Waals surface area contributed by atoms with E-state index in [1.807, 2.05) is 0 Å². The number of ether oxygens (including phenoxy) is 1. The minimum Gasteiger partial charge on any atom is -0.461 e. The Bertz CT molecular complexity index is 711. The zero-order chi connectivity index (χ0) is 17.7. The Morgan fingerprint density at radius 1 is 1.42 bits per heavy atom. The summed E-state index contributed by atoms with van der Waals surface area (Å²) in [6, 6.07) is 3.22. The number of thiophene rings is 1. The van der Waals surface area contributed by atoms with Crippen LogP contribution in [0.3, 0.4) is 0 Å². The largest absolute Gasteiger partial charge is 0.461 e. The van der Waals surface area contributed by atoms with Crippen LogP contribution in [0.25, 0.3) is 0 Å². The van der Waals surface area contributed by atoms with Crippen LogP contribution < -0.4 is 0 Å². The smallest absolute Gasteiger partial charge is 0.321 e. The molecule has 0 saturated heterocycles. The number of fused-ring (bicyclic) bond motifs is 2. The predicted molar refractivity (Wildman–Crippen MR) is 93.2 cm³/mol. The van der Waals surface area contributed by atoms with E-state index in [2.05, 4.69) is 20.8 Å². The molecule has 134 valence electrons. The average Bonchev–Trinajstić information content (AvgIpc) is 3.03. The van der Waals surface area contributed by atoms with Crippen LogP contribution in [0, 0.1) is 23.2 Å². The first kappa shape index (κ1) is 17.9. The summed E-state index contributed by atoms with van der Waals surface area (Å²) in [5, 5.41) is 1.71. The monoisotopic (exact) mass is 371 g/mol. The molecule has 4 unspecified atom stereocenters. The molecule has 4 atom stereocenters. The lowest BCUT2D eigenvalue weighted by atomic mass is 9.45. The highest BCUT2D eigenvalue weighted by Gasteiger charge is 2.57. The summed E-state index contributed by atoms with van der Waals surface area (Å²) in [6.07, 6.45) is 2.01. The molecule has 1 aromatic heterocycles. The molecule has 4 rings (SSSR count). The van der Waals surface area contributed by atoms with Crippen LogP contribution >= 0.6 is 11.3 Å². The average molecular weight is 372 g/mol. The quantitative estimate of drug-likeness (QED) is 0.747. The number of nitrogens with zero attached hydrogens (tertiary/aromatic N) is 1. The van der Waals surface area contributed by atoms with Crippen molar-refractivity contribution in [2.45, 2.75) is 43.9 Å². The molecule has 0 radical (unpaired) electrons. The Kier molecular flexibility index (Phi) is 4.55. The summed E-state index contributed by atoms with van der Waals surface area (Å²) >= 11 is 1.15. The van der Waals surface area contributed by atoms with Crippen molar-refractivity contribution in [3.8, 4) is 0 Å². The molecule has 2 bridgehead atoms. The molecule has 5 nitrogen and oxygen atoms in total. The highest BCUT2D eigenvalue weighted by Crippen LogP contribution is 2.61. The molecule has 3 aliphatic carbocycles. The molecular weight excluding hydrogens is 346 g/mol. The summed E-state index contributed by atoms with van der Waals surface area (Å²) in [7, 11) is -2.20. The van der Waals surface area contributed by atoms with E-state index >= 15 is 0 Å². The number of esters is 1. The lowest BCUT2D eigenvalue weighted by Gasteiger charge is -2.61. The fourth-order valence-electron chi connectivity index (χ4n) is 4.29.